The molecule has 1 aliphatic rings. The summed E-state index contributed by atoms with van der Waals surface area (Å²) in [4.78, 5) is 18.9. The fourth-order valence-corrected chi connectivity index (χ4v) is 2.00. The average molecular weight is 255 g/mol. The molecule has 0 spiro atoms. The molecule has 1 amide bonds. The first-order valence-electron chi connectivity index (χ1n) is 5.87. The Morgan fingerprint density at radius 1 is 1.28 bits per heavy atom. The summed E-state index contributed by atoms with van der Waals surface area (Å²) in [5.41, 5.74) is -0.243. The van der Waals surface area contributed by atoms with Gasteiger partial charge in [-0.2, -0.15) is 4.39 Å². The van der Waals surface area contributed by atoms with E-state index in [1.54, 1.807) is 4.90 Å². The van der Waals surface area contributed by atoms with Crippen molar-refractivity contribution in [2.75, 3.05) is 33.2 Å². The van der Waals surface area contributed by atoms with Crippen molar-refractivity contribution in [1.82, 2.24) is 14.8 Å². The van der Waals surface area contributed by atoms with Crippen LogP contribution in [0.3, 0.4) is 0 Å². The van der Waals surface area contributed by atoms with Gasteiger partial charge >= 0.3 is 0 Å². The van der Waals surface area contributed by atoms with Crippen molar-refractivity contribution in [3.63, 3.8) is 0 Å². The molecule has 0 saturated carbocycles. The summed E-state index contributed by atoms with van der Waals surface area (Å²) in [7, 11) is 1.97. The van der Waals surface area contributed by atoms with Crippen LogP contribution >= 0.6 is 0 Å². The SMILES string of the molecule is CN1CCCN(C(=O)c2ccnc(F)c2F)CC1. The van der Waals surface area contributed by atoms with E-state index in [2.05, 4.69) is 9.88 Å². The monoisotopic (exact) mass is 255 g/mol. The maximum atomic E-state index is 13.5. The smallest absolute Gasteiger partial charge is 0.257 e. The number of halogens is 2. The summed E-state index contributed by atoms with van der Waals surface area (Å²) in [5, 5.41) is 0. The molecule has 98 valence electrons. The van der Waals surface area contributed by atoms with E-state index in [-0.39, 0.29) is 5.56 Å². The normalized spacial score (nSPS) is 17.6. The van der Waals surface area contributed by atoms with Crippen LogP contribution in [-0.2, 0) is 0 Å². The lowest BCUT2D eigenvalue weighted by Crippen LogP contribution is -2.35. The van der Waals surface area contributed by atoms with Crippen LogP contribution in [0.2, 0.25) is 0 Å². The molecule has 2 rings (SSSR count). The zero-order chi connectivity index (χ0) is 13.1. The van der Waals surface area contributed by atoms with Crippen LogP contribution < -0.4 is 0 Å². The largest absolute Gasteiger partial charge is 0.337 e. The lowest BCUT2D eigenvalue weighted by atomic mass is 10.2. The van der Waals surface area contributed by atoms with E-state index in [9.17, 15) is 13.6 Å². The average Bonchev–Trinajstić information content (AvgIpc) is 2.57. The second-order valence-electron chi connectivity index (χ2n) is 4.41. The molecular formula is C12H15F2N3O. The topological polar surface area (TPSA) is 36.4 Å². The Hall–Kier alpha value is -1.56. The van der Waals surface area contributed by atoms with Crippen LogP contribution in [-0.4, -0.2) is 53.9 Å². The van der Waals surface area contributed by atoms with Gasteiger partial charge in [0.25, 0.3) is 5.91 Å². The molecule has 1 aromatic rings. The third kappa shape index (κ3) is 2.64. The van der Waals surface area contributed by atoms with Gasteiger partial charge in [-0.25, -0.2) is 9.37 Å². The van der Waals surface area contributed by atoms with Crippen molar-refractivity contribution in [2.45, 2.75) is 6.42 Å². The predicted molar refractivity (Wildman–Crippen MR) is 62.2 cm³/mol. The summed E-state index contributed by atoms with van der Waals surface area (Å²) in [6, 6.07) is 1.22. The van der Waals surface area contributed by atoms with Crippen LogP contribution in [0.4, 0.5) is 8.78 Å². The second kappa shape index (κ2) is 5.39. The fraction of sp³-hybridized carbons (Fsp3) is 0.500. The van der Waals surface area contributed by atoms with Crippen LogP contribution in [0.15, 0.2) is 12.3 Å². The van der Waals surface area contributed by atoms with Gasteiger partial charge in [-0.3, -0.25) is 4.79 Å². The highest BCUT2D eigenvalue weighted by Crippen LogP contribution is 2.13. The molecule has 0 aliphatic carbocycles. The van der Waals surface area contributed by atoms with Crippen molar-refractivity contribution in [3.05, 3.63) is 29.6 Å². The summed E-state index contributed by atoms with van der Waals surface area (Å²) >= 11 is 0. The summed E-state index contributed by atoms with van der Waals surface area (Å²) < 4.78 is 26.5. The van der Waals surface area contributed by atoms with Crippen molar-refractivity contribution in [3.8, 4) is 0 Å². The molecule has 0 N–H and O–H groups in total. The number of hydrogen-bond acceptors (Lipinski definition) is 3. The lowest BCUT2D eigenvalue weighted by molar-refractivity contribution is 0.0756. The highest BCUT2D eigenvalue weighted by Gasteiger charge is 2.23. The highest BCUT2D eigenvalue weighted by molar-refractivity contribution is 5.94. The van der Waals surface area contributed by atoms with E-state index in [1.807, 2.05) is 7.05 Å². The Kier molecular flexibility index (Phi) is 3.86. The van der Waals surface area contributed by atoms with Gasteiger partial charge in [0.1, 0.15) is 0 Å². The van der Waals surface area contributed by atoms with Gasteiger partial charge < -0.3 is 9.80 Å². The molecule has 2 heterocycles. The molecule has 1 fully saturated rings. The minimum atomic E-state index is -1.23. The number of rotatable bonds is 1. The third-order valence-electron chi connectivity index (χ3n) is 3.08. The highest BCUT2D eigenvalue weighted by atomic mass is 19.2. The molecule has 18 heavy (non-hydrogen) atoms. The van der Waals surface area contributed by atoms with Crippen molar-refractivity contribution in [1.29, 1.82) is 0 Å². The standard InChI is InChI=1S/C12H15F2N3O/c1-16-5-2-6-17(8-7-16)12(18)9-3-4-15-11(14)10(9)13/h3-4H,2,5-8H2,1H3. The van der Waals surface area contributed by atoms with Gasteiger partial charge in [0.2, 0.25) is 5.95 Å². The molecular weight excluding hydrogens is 240 g/mol. The maximum Gasteiger partial charge on any atom is 0.257 e. The predicted octanol–water partition coefficient (Wildman–Crippen LogP) is 1.14. The number of carbonyl (C=O) groups excluding carboxylic acids is 1. The summed E-state index contributed by atoms with van der Waals surface area (Å²) in [6.45, 7) is 2.73. The van der Waals surface area contributed by atoms with Crippen molar-refractivity contribution in [2.24, 2.45) is 0 Å². The Morgan fingerprint density at radius 3 is 2.83 bits per heavy atom. The van der Waals surface area contributed by atoms with Crippen LogP contribution in [0, 0.1) is 11.8 Å². The van der Waals surface area contributed by atoms with Crippen molar-refractivity contribution >= 4 is 5.91 Å². The number of amides is 1. The van der Waals surface area contributed by atoms with Gasteiger partial charge in [0.05, 0.1) is 5.56 Å². The van der Waals surface area contributed by atoms with Gasteiger partial charge in [-0.1, -0.05) is 0 Å². The first-order valence-corrected chi connectivity index (χ1v) is 5.87. The van der Waals surface area contributed by atoms with E-state index < -0.39 is 17.7 Å². The molecule has 4 nitrogen and oxygen atoms in total. The number of hydrogen-bond donors (Lipinski definition) is 0. The molecule has 0 aromatic carbocycles. The fourth-order valence-electron chi connectivity index (χ4n) is 2.00. The van der Waals surface area contributed by atoms with Crippen LogP contribution in [0.1, 0.15) is 16.8 Å². The van der Waals surface area contributed by atoms with Crippen molar-refractivity contribution < 1.29 is 13.6 Å². The zero-order valence-corrected chi connectivity index (χ0v) is 10.2. The van der Waals surface area contributed by atoms with E-state index in [0.29, 0.717) is 13.1 Å². The molecule has 0 radical (unpaired) electrons. The lowest BCUT2D eigenvalue weighted by Gasteiger charge is -2.20. The molecule has 0 bridgehead atoms. The molecule has 1 aliphatic heterocycles. The van der Waals surface area contributed by atoms with Crippen LogP contribution in [0.5, 0.6) is 0 Å². The Bertz CT molecular complexity index is 453. The quantitative estimate of drug-likeness (QED) is 0.706. The van der Waals surface area contributed by atoms with Crippen LogP contribution in [0.25, 0.3) is 0 Å². The summed E-state index contributed by atoms with van der Waals surface area (Å²) in [5.74, 6) is -2.86. The van der Waals surface area contributed by atoms with E-state index in [4.69, 9.17) is 0 Å². The number of likely N-dealkylation sites (N-methyl/N-ethyl adjacent to an activating group) is 1. The first kappa shape index (κ1) is 12.9. The van der Waals surface area contributed by atoms with E-state index in [0.717, 1.165) is 25.7 Å². The van der Waals surface area contributed by atoms with Gasteiger partial charge in [-0.15, -0.1) is 0 Å². The first-order chi connectivity index (χ1) is 8.59. The number of nitrogens with zero attached hydrogens (tertiary/aromatic N) is 3. The van der Waals surface area contributed by atoms with Gasteiger partial charge in [-0.05, 0) is 26.1 Å². The zero-order valence-electron chi connectivity index (χ0n) is 10.2. The molecule has 1 saturated heterocycles. The van der Waals surface area contributed by atoms with Gasteiger partial charge in [0, 0.05) is 25.8 Å². The number of aromatic nitrogens is 1. The number of pyridine rings is 1. The summed E-state index contributed by atoms with van der Waals surface area (Å²) in [6.07, 6.45) is 1.94. The molecule has 0 atom stereocenters. The number of carbonyl (C=O) groups is 1. The minimum absolute atomic E-state index is 0.243. The molecule has 0 unspecified atom stereocenters. The Balaban J connectivity index is 2.18. The Labute approximate surface area is 104 Å². The third-order valence-corrected chi connectivity index (χ3v) is 3.08. The van der Waals surface area contributed by atoms with E-state index >= 15 is 0 Å². The van der Waals surface area contributed by atoms with Gasteiger partial charge in [0.15, 0.2) is 5.82 Å². The molecule has 1 aromatic heterocycles. The maximum absolute atomic E-state index is 13.5. The molecule has 6 heteroatoms. The second-order valence-corrected chi connectivity index (χ2v) is 4.41. The minimum Gasteiger partial charge on any atom is -0.337 e. The van der Waals surface area contributed by atoms with E-state index in [1.165, 1.54) is 6.07 Å². The Morgan fingerprint density at radius 2 is 2.06 bits per heavy atom.